The Hall–Kier alpha value is -4.52. The van der Waals surface area contributed by atoms with Crippen LogP contribution in [0.15, 0.2) is 71.8 Å². The van der Waals surface area contributed by atoms with Crippen molar-refractivity contribution in [1.29, 1.82) is 0 Å². The molecule has 4 aromatic rings. The van der Waals surface area contributed by atoms with E-state index in [0.29, 0.717) is 17.0 Å². The molecule has 1 N–H and O–H groups in total. The number of nitrogens with zero attached hydrogens (tertiary/aromatic N) is 4. The molecule has 0 radical (unpaired) electrons. The molecule has 6 rings (SSSR count). The number of aromatic nitrogens is 3. The lowest BCUT2D eigenvalue weighted by molar-refractivity contribution is -0.186. The van der Waals surface area contributed by atoms with E-state index in [-0.39, 0.29) is 48.1 Å². The van der Waals surface area contributed by atoms with E-state index in [9.17, 15) is 26.4 Å². The number of hydrogen-bond acceptors (Lipinski definition) is 7. The van der Waals surface area contributed by atoms with Gasteiger partial charge in [-0.25, -0.2) is 18.1 Å². The predicted octanol–water partition coefficient (Wildman–Crippen LogP) is 6.05. The summed E-state index contributed by atoms with van der Waals surface area (Å²) in [5.41, 5.74) is 2.17. The zero-order valence-corrected chi connectivity index (χ0v) is 25.5. The highest BCUT2D eigenvalue weighted by molar-refractivity contribution is 7.92. The molecule has 1 aliphatic carbocycles. The number of hydrogen-bond donors (Lipinski definition) is 1. The molecule has 1 unspecified atom stereocenters. The number of sulfonamides is 1. The number of pyridine rings is 1. The molecule has 2 aromatic carbocycles. The Morgan fingerprint density at radius 3 is 2.38 bits per heavy atom. The fourth-order valence-electron chi connectivity index (χ4n) is 5.57. The molecular formula is C32H30F3N5O4S. The Labute approximate surface area is 258 Å². The molecule has 4 bridgehead atoms. The number of benzene rings is 2. The van der Waals surface area contributed by atoms with Crippen LogP contribution in [0.2, 0.25) is 0 Å². The first-order valence-electron chi connectivity index (χ1n) is 14.3. The lowest BCUT2D eigenvalue weighted by Gasteiger charge is -2.25. The summed E-state index contributed by atoms with van der Waals surface area (Å²) >= 11 is 0. The van der Waals surface area contributed by atoms with Crippen molar-refractivity contribution in [2.24, 2.45) is 5.41 Å². The summed E-state index contributed by atoms with van der Waals surface area (Å²) in [4.78, 5) is 28.0. The second-order valence-electron chi connectivity index (χ2n) is 11.7. The Balaban J connectivity index is 1.44. The number of rotatable bonds is 4. The van der Waals surface area contributed by atoms with Crippen LogP contribution >= 0.6 is 0 Å². The second kappa shape index (κ2) is 11.1. The minimum absolute atomic E-state index is 0.0111. The minimum atomic E-state index is -4.29. The molecule has 1 atom stereocenters. The van der Waals surface area contributed by atoms with Crippen LogP contribution in [0.5, 0.6) is 5.88 Å². The fourth-order valence-corrected chi connectivity index (χ4v) is 6.56. The number of carbonyl (C=O) groups excluding carboxylic acids is 1. The molecule has 45 heavy (non-hydrogen) atoms. The standard InChI is InChI=1S/C32H30F3N5O4S/c1-19-6-4-7-20(2)28(19)25-15-27-38-30(37-25)39-45(42,43)23-9-5-8-22(14-23)29(41)40(3)18-26(44-27)24-11-10-21(17-36-24)16-31(12-13-31)32(33,34)35/h4-11,14-15,17,26H,12-13,16,18H2,1-3H3,(H,37,38,39). The van der Waals surface area contributed by atoms with Gasteiger partial charge in [0.25, 0.3) is 15.9 Å². The summed E-state index contributed by atoms with van der Waals surface area (Å²) < 4.78 is 76.3. The highest BCUT2D eigenvalue weighted by atomic mass is 32.2. The van der Waals surface area contributed by atoms with Crippen LogP contribution in [0, 0.1) is 19.3 Å². The number of alkyl halides is 3. The molecule has 3 heterocycles. The van der Waals surface area contributed by atoms with Gasteiger partial charge < -0.3 is 9.64 Å². The third-order valence-corrected chi connectivity index (χ3v) is 9.61. The number of ether oxygens (including phenoxy) is 1. The number of aryl methyl sites for hydroxylation is 2. The largest absolute Gasteiger partial charge is 0.466 e. The molecule has 1 amide bonds. The van der Waals surface area contributed by atoms with Gasteiger partial charge in [-0.3, -0.25) is 9.78 Å². The molecule has 2 aromatic heterocycles. The smallest absolute Gasteiger partial charge is 0.394 e. The Kier molecular flexibility index (Phi) is 7.54. The van der Waals surface area contributed by atoms with E-state index in [4.69, 9.17) is 4.74 Å². The number of fused-ring (bicyclic) bond motifs is 4. The summed E-state index contributed by atoms with van der Waals surface area (Å²) in [6.45, 7) is 3.78. The number of nitrogens with one attached hydrogen (secondary N) is 1. The Morgan fingerprint density at radius 2 is 1.73 bits per heavy atom. The zero-order valence-electron chi connectivity index (χ0n) is 24.7. The third-order valence-electron chi connectivity index (χ3n) is 8.28. The van der Waals surface area contributed by atoms with Crippen molar-refractivity contribution in [3.63, 3.8) is 0 Å². The maximum Gasteiger partial charge on any atom is 0.394 e. The van der Waals surface area contributed by atoms with Crippen molar-refractivity contribution < 1.29 is 31.1 Å². The van der Waals surface area contributed by atoms with E-state index in [1.807, 2.05) is 32.0 Å². The molecule has 0 saturated heterocycles. The molecule has 1 aliphatic heterocycles. The number of amides is 1. The number of likely N-dealkylation sites (N-methyl/N-ethyl adjacent to an activating group) is 1. The van der Waals surface area contributed by atoms with E-state index in [1.165, 1.54) is 35.4 Å². The highest BCUT2D eigenvalue weighted by Gasteiger charge is 2.62. The number of carbonyl (C=O) groups is 1. The molecule has 2 aliphatic rings. The molecule has 234 valence electrons. The topological polar surface area (TPSA) is 114 Å². The van der Waals surface area contributed by atoms with Crippen LogP contribution in [-0.4, -0.2) is 53.9 Å². The lowest BCUT2D eigenvalue weighted by atomic mass is 9.96. The SMILES string of the molecule is Cc1cccc(C)c1-c1cc2nc(n1)NS(=O)(=O)c1cccc(c1)C(=O)N(C)CC(c1ccc(CC3(C(F)(F)F)CC3)cn1)O2. The van der Waals surface area contributed by atoms with Crippen molar-refractivity contribution in [3.8, 4) is 17.1 Å². The molecule has 9 nitrogen and oxygen atoms in total. The molecule has 13 heteroatoms. The first-order chi connectivity index (χ1) is 21.2. The van der Waals surface area contributed by atoms with Gasteiger partial charge in [-0.2, -0.15) is 18.2 Å². The highest BCUT2D eigenvalue weighted by Crippen LogP contribution is 2.59. The average Bonchev–Trinajstić information content (AvgIpc) is 3.77. The van der Waals surface area contributed by atoms with Crippen LogP contribution < -0.4 is 9.46 Å². The predicted molar refractivity (Wildman–Crippen MR) is 160 cm³/mol. The quantitative estimate of drug-likeness (QED) is 0.290. The lowest BCUT2D eigenvalue weighted by Crippen LogP contribution is -2.33. The van der Waals surface area contributed by atoms with E-state index in [0.717, 1.165) is 16.7 Å². The van der Waals surface area contributed by atoms with Gasteiger partial charge in [0.2, 0.25) is 11.8 Å². The van der Waals surface area contributed by atoms with Crippen LogP contribution in [-0.2, 0) is 16.4 Å². The summed E-state index contributed by atoms with van der Waals surface area (Å²) in [6.07, 6.45) is -3.81. The minimum Gasteiger partial charge on any atom is -0.466 e. The van der Waals surface area contributed by atoms with Gasteiger partial charge in [-0.1, -0.05) is 30.3 Å². The molecule has 1 fully saturated rings. The third kappa shape index (κ3) is 6.08. The summed E-state index contributed by atoms with van der Waals surface area (Å²) in [5, 5.41) is 0. The Morgan fingerprint density at radius 1 is 1.02 bits per heavy atom. The van der Waals surface area contributed by atoms with Crippen LogP contribution in [0.3, 0.4) is 0 Å². The maximum atomic E-state index is 13.6. The van der Waals surface area contributed by atoms with Crippen LogP contribution in [0.4, 0.5) is 19.1 Å². The second-order valence-corrected chi connectivity index (χ2v) is 13.3. The first kappa shape index (κ1) is 30.5. The maximum absolute atomic E-state index is 13.6. The zero-order chi connectivity index (χ0) is 32.1. The van der Waals surface area contributed by atoms with Gasteiger partial charge in [0.05, 0.1) is 28.2 Å². The van der Waals surface area contributed by atoms with Gasteiger partial charge in [0, 0.05) is 30.4 Å². The molecule has 1 saturated carbocycles. The van der Waals surface area contributed by atoms with Gasteiger partial charge in [-0.05, 0) is 74.1 Å². The average molecular weight is 638 g/mol. The number of halogens is 3. The molecule has 0 spiro atoms. The number of anilines is 1. The van der Waals surface area contributed by atoms with Crippen molar-refractivity contribution in [3.05, 3.63) is 94.8 Å². The van der Waals surface area contributed by atoms with Crippen molar-refractivity contribution >= 4 is 21.9 Å². The summed E-state index contributed by atoms with van der Waals surface area (Å²) in [5.74, 6) is -0.693. The monoisotopic (exact) mass is 637 g/mol. The fraction of sp³-hybridized carbons (Fsp3) is 0.312. The van der Waals surface area contributed by atoms with E-state index < -0.39 is 33.6 Å². The first-order valence-corrected chi connectivity index (χ1v) is 15.8. The summed E-state index contributed by atoms with van der Waals surface area (Å²) in [7, 11) is -2.66. The Bertz CT molecular complexity index is 1870. The molecular weight excluding hydrogens is 607 g/mol. The van der Waals surface area contributed by atoms with Crippen molar-refractivity contribution in [2.75, 3.05) is 18.3 Å². The van der Waals surface area contributed by atoms with Gasteiger partial charge in [-0.15, -0.1) is 0 Å². The van der Waals surface area contributed by atoms with E-state index >= 15 is 0 Å². The van der Waals surface area contributed by atoms with E-state index in [1.54, 1.807) is 25.2 Å². The summed E-state index contributed by atoms with van der Waals surface area (Å²) in [6, 6.07) is 16.1. The van der Waals surface area contributed by atoms with E-state index in [2.05, 4.69) is 19.7 Å². The normalized spacial score (nSPS) is 18.9. The van der Waals surface area contributed by atoms with Gasteiger partial charge in [0.1, 0.15) is 0 Å². The van der Waals surface area contributed by atoms with Crippen LogP contribution in [0.1, 0.15) is 51.7 Å². The van der Waals surface area contributed by atoms with Crippen molar-refractivity contribution in [2.45, 2.75) is 50.3 Å². The van der Waals surface area contributed by atoms with Crippen LogP contribution in [0.25, 0.3) is 11.3 Å². The van der Waals surface area contributed by atoms with Gasteiger partial charge >= 0.3 is 6.18 Å². The van der Waals surface area contributed by atoms with Gasteiger partial charge in [0.15, 0.2) is 6.10 Å². The van der Waals surface area contributed by atoms with Crippen molar-refractivity contribution in [1.82, 2.24) is 19.9 Å².